The standard InChI is InChI=1S/C18H13BrClN5OS/c1-11-5-6-14(8-15(11)20)25-10-21-23-18(25)27-9-16-22-17(24-26-16)12-3-2-4-13(19)7-12/h2-8,10H,9H2,1H3. The van der Waals surface area contributed by atoms with Gasteiger partial charge >= 0.3 is 0 Å². The maximum Gasteiger partial charge on any atom is 0.237 e. The molecule has 4 rings (SSSR count). The van der Waals surface area contributed by atoms with E-state index in [1.165, 1.54) is 11.8 Å². The molecular formula is C18H13BrClN5OS. The van der Waals surface area contributed by atoms with Crippen LogP contribution < -0.4 is 0 Å². The normalized spacial score (nSPS) is 11.1. The summed E-state index contributed by atoms with van der Waals surface area (Å²) in [5.41, 5.74) is 2.81. The van der Waals surface area contributed by atoms with Gasteiger partial charge in [0.15, 0.2) is 5.16 Å². The van der Waals surface area contributed by atoms with E-state index in [4.69, 9.17) is 16.1 Å². The summed E-state index contributed by atoms with van der Waals surface area (Å²) >= 11 is 11.1. The average molecular weight is 463 g/mol. The van der Waals surface area contributed by atoms with Gasteiger partial charge in [0.1, 0.15) is 6.33 Å². The molecule has 4 aromatic rings. The quantitative estimate of drug-likeness (QED) is 0.373. The molecule has 9 heteroatoms. The molecule has 27 heavy (non-hydrogen) atoms. The maximum atomic E-state index is 6.23. The van der Waals surface area contributed by atoms with Crippen LogP contribution in [0.5, 0.6) is 0 Å². The third kappa shape index (κ3) is 4.07. The minimum Gasteiger partial charge on any atom is -0.338 e. The Balaban J connectivity index is 1.50. The highest BCUT2D eigenvalue weighted by molar-refractivity contribution is 9.10. The first-order chi connectivity index (χ1) is 13.1. The molecule has 0 bridgehead atoms. The fraction of sp³-hybridized carbons (Fsp3) is 0.111. The number of hydrogen-bond acceptors (Lipinski definition) is 6. The van der Waals surface area contributed by atoms with E-state index in [2.05, 4.69) is 36.3 Å². The van der Waals surface area contributed by atoms with Crippen molar-refractivity contribution in [2.75, 3.05) is 0 Å². The number of thioether (sulfide) groups is 1. The maximum absolute atomic E-state index is 6.23. The zero-order valence-electron chi connectivity index (χ0n) is 14.1. The molecule has 0 amide bonds. The number of rotatable bonds is 5. The molecule has 0 unspecified atom stereocenters. The van der Waals surface area contributed by atoms with Gasteiger partial charge in [0.25, 0.3) is 0 Å². The molecule has 2 heterocycles. The van der Waals surface area contributed by atoms with Crippen LogP contribution in [-0.2, 0) is 5.75 Å². The highest BCUT2D eigenvalue weighted by Crippen LogP contribution is 2.26. The SMILES string of the molecule is Cc1ccc(-n2cnnc2SCc2nc(-c3cccc(Br)c3)no2)cc1Cl. The van der Waals surface area contributed by atoms with Crippen LogP contribution in [0.25, 0.3) is 17.1 Å². The molecule has 2 aromatic carbocycles. The number of nitrogens with zero attached hydrogens (tertiary/aromatic N) is 5. The smallest absolute Gasteiger partial charge is 0.237 e. The Kier molecular flexibility index (Phi) is 5.29. The predicted octanol–water partition coefficient (Wildman–Crippen LogP) is 5.33. The molecule has 136 valence electrons. The van der Waals surface area contributed by atoms with Crippen LogP contribution in [-0.4, -0.2) is 24.9 Å². The third-order valence-corrected chi connectivity index (χ3v) is 5.65. The van der Waals surface area contributed by atoms with Gasteiger partial charge in [-0.1, -0.05) is 62.6 Å². The monoisotopic (exact) mass is 461 g/mol. The van der Waals surface area contributed by atoms with Crippen LogP contribution in [0.15, 0.2) is 62.9 Å². The van der Waals surface area contributed by atoms with Crippen molar-refractivity contribution in [3.8, 4) is 17.1 Å². The van der Waals surface area contributed by atoms with E-state index in [0.717, 1.165) is 26.4 Å². The van der Waals surface area contributed by atoms with E-state index >= 15 is 0 Å². The zero-order chi connectivity index (χ0) is 18.8. The lowest BCUT2D eigenvalue weighted by atomic mass is 10.2. The highest BCUT2D eigenvalue weighted by atomic mass is 79.9. The summed E-state index contributed by atoms with van der Waals surface area (Å²) < 4.78 is 8.20. The van der Waals surface area contributed by atoms with Gasteiger partial charge in [0, 0.05) is 15.1 Å². The van der Waals surface area contributed by atoms with Crippen LogP contribution in [0.1, 0.15) is 11.5 Å². The Morgan fingerprint density at radius 2 is 2.11 bits per heavy atom. The second-order valence-electron chi connectivity index (χ2n) is 5.73. The molecule has 2 aromatic heterocycles. The number of halogens is 2. The molecule has 0 atom stereocenters. The van der Waals surface area contributed by atoms with E-state index < -0.39 is 0 Å². The Labute approximate surface area is 173 Å². The van der Waals surface area contributed by atoms with Crippen molar-refractivity contribution in [2.24, 2.45) is 0 Å². The Bertz CT molecular complexity index is 1100. The number of benzene rings is 2. The fourth-order valence-electron chi connectivity index (χ4n) is 2.42. The lowest BCUT2D eigenvalue weighted by molar-refractivity contribution is 0.391. The van der Waals surface area contributed by atoms with Crippen molar-refractivity contribution >= 4 is 39.3 Å². The Morgan fingerprint density at radius 1 is 1.22 bits per heavy atom. The molecule has 0 spiro atoms. The van der Waals surface area contributed by atoms with Crippen molar-refractivity contribution in [2.45, 2.75) is 17.8 Å². The number of aryl methyl sites for hydroxylation is 1. The number of hydrogen-bond donors (Lipinski definition) is 0. The summed E-state index contributed by atoms with van der Waals surface area (Å²) in [4.78, 5) is 4.45. The molecule has 0 fully saturated rings. The lowest BCUT2D eigenvalue weighted by Gasteiger charge is -2.07. The fourth-order valence-corrected chi connectivity index (χ4v) is 3.76. The van der Waals surface area contributed by atoms with Gasteiger partial charge in [0.2, 0.25) is 11.7 Å². The van der Waals surface area contributed by atoms with Crippen LogP contribution in [0.2, 0.25) is 5.02 Å². The minimum absolute atomic E-state index is 0.485. The van der Waals surface area contributed by atoms with Crippen LogP contribution in [0.3, 0.4) is 0 Å². The van der Waals surface area contributed by atoms with E-state index in [0.29, 0.717) is 22.5 Å². The van der Waals surface area contributed by atoms with E-state index in [9.17, 15) is 0 Å². The second-order valence-corrected chi connectivity index (χ2v) is 7.99. The molecular weight excluding hydrogens is 450 g/mol. The minimum atomic E-state index is 0.485. The van der Waals surface area contributed by atoms with Crippen LogP contribution in [0, 0.1) is 6.92 Å². The van der Waals surface area contributed by atoms with Gasteiger partial charge in [-0.3, -0.25) is 4.57 Å². The third-order valence-electron chi connectivity index (χ3n) is 3.83. The van der Waals surface area contributed by atoms with Crippen LogP contribution >= 0.6 is 39.3 Å². The predicted molar refractivity (Wildman–Crippen MR) is 108 cm³/mol. The van der Waals surface area contributed by atoms with Crippen molar-refractivity contribution in [3.05, 3.63) is 69.7 Å². The van der Waals surface area contributed by atoms with Gasteiger partial charge < -0.3 is 4.52 Å². The first-order valence-corrected chi connectivity index (χ1v) is 10.1. The average Bonchev–Trinajstić information content (AvgIpc) is 3.31. The largest absolute Gasteiger partial charge is 0.338 e. The van der Waals surface area contributed by atoms with Gasteiger partial charge in [-0.2, -0.15) is 4.98 Å². The molecule has 0 aliphatic carbocycles. The zero-order valence-corrected chi connectivity index (χ0v) is 17.3. The molecule has 6 nitrogen and oxygen atoms in total. The first-order valence-electron chi connectivity index (χ1n) is 7.98. The summed E-state index contributed by atoms with van der Waals surface area (Å²) in [6.07, 6.45) is 1.66. The summed E-state index contributed by atoms with van der Waals surface area (Å²) in [5.74, 6) is 1.56. The topological polar surface area (TPSA) is 69.6 Å². The molecule has 0 N–H and O–H groups in total. The van der Waals surface area contributed by atoms with Gasteiger partial charge in [-0.25, -0.2) is 0 Å². The summed E-state index contributed by atoms with van der Waals surface area (Å²) in [6, 6.07) is 13.6. The second kappa shape index (κ2) is 7.84. The number of aromatic nitrogens is 5. The van der Waals surface area contributed by atoms with Gasteiger partial charge in [-0.05, 0) is 36.8 Å². The Morgan fingerprint density at radius 3 is 2.93 bits per heavy atom. The van der Waals surface area contributed by atoms with E-state index in [1.807, 2.05) is 54.0 Å². The van der Waals surface area contributed by atoms with E-state index in [-0.39, 0.29) is 0 Å². The molecule has 0 saturated carbocycles. The highest BCUT2D eigenvalue weighted by Gasteiger charge is 2.13. The van der Waals surface area contributed by atoms with Crippen molar-refractivity contribution < 1.29 is 4.52 Å². The van der Waals surface area contributed by atoms with Gasteiger partial charge in [-0.15, -0.1) is 10.2 Å². The first kappa shape index (κ1) is 18.2. The van der Waals surface area contributed by atoms with Crippen molar-refractivity contribution in [1.82, 2.24) is 24.9 Å². The molecule has 0 aliphatic rings. The van der Waals surface area contributed by atoms with Crippen molar-refractivity contribution in [3.63, 3.8) is 0 Å². The summed E-state index contributed by atoms with van der Waals surface area (Å²) in [5, 5.41) is 13.6. The van der Waals surface area contributed by atoms with Gasteiger partial charge in [0.05, 0.1) is 11.4 Å². The lowest BCUT2D eigenvalue weighted by Crippen LogP contribution is -1.96. The summed E-state index contributed by atoms with van der Waals surface area (Å²) in [7, 11) is 0. The molecule has 0 aliphatic heterocycles. The van der Waals surface area contributed by atoms with Crippen molar-refractivity contribution in [1.29, 1.82) is 0 Å². The summed E-state index contributed by atoms with van der Waals surface area (Å²) in [6.45, 7) is 1.96. The van der Waals surface area contributed by atoms with E-state index in [1.54, 1.807) is 6.33 Å². The Hall–Kier alpha value is -2.16. The molecule has 0 saturated heterocycles. The molecule has 0 radical (unpaired) electrons. The van der Waals surface area contributed by atoms with Crippen LogP contribution in [0.4, 0.5) is 0 Å².